The van der Waals surface area contributed by atoms with Gasteiger partial charge < -0.3 is 5.32 Å². The van der Waals surface area contributed by atoms with Crippen LogP contribution >= 0.6 is 0 Å². The molecule has 0 aliphatic rings. The van der Waals surface area contributed by atoms with Gasteiger partial charge in [-0.2, -0.15) is 8.42 Å². The minimum atomic E-state index is -4.45. The molecule has 10 heteroatoms. The van der Waals surface area contributed by atoms with Gasteiger partial charge in [0.2, 0.25) is 0 Å². The Morgan fingerprint density at radius 2 is 1.46 bits per heavy atom. The lowest BCUT2D eigenvalue weighted by atomic mass is 10.2. The van der Waals surface area contributed by atoms with Crippen LogP contribution in [0.5, 0.6) is 0 Å². The highest BCUT2D eigenvalue weighted by Crippen LogP contribution is 2.25. The zero-order chi connectivity index (χ0) is 20.2. The molecular weight excluding hydrogens is 402 g/mol. The van der Waals surface area contributed by atoms with Gasteiger partial charge in [-0.25, -0.2) is 13.4 Å². The highest BCUT2D eigenvalue weighted by molar-refractivity contribution is 7.92. The molecule has 0 bridgehead atoms. The van der Waals surface area contributed by atoms with Crippen molar-refractivity contribution in [3.63, 3.8) is 0 Å². The van der Waals surface area contributed by atoms with Crippen LogP contribution in [0.25, 0.3) is 0 Å². The van der Waals surface area contributed by atoms with Gasteiger partial charge in [-0.3, -0.25) is 9.27 Å². The quantitative estimate of drug-likeness (QED) is 0.503. The molecule has 0 fully saturated rings. The van der Waals surface area contributed by atoms with Crippen LogP contribution in [-0.4, -0.2) is 26.4 Å². The van der Waals surface area contributed by atoms with Gasteiger partial charge in [0.1, 0.15) is 5.82 Å². The van der Waals surface area contributed by atoms with E-state index in [1.54, 1.807) is 42.5 Å². The van der Waals surface area contributed by atoms with Gasteiger partial charge in [0, 0.05) is 11.9 Å². The molecule has 8 nitrogen and oxygen atoms in total. The number of nitrogens with zero attached hydrogens (tertiary/aromatic N) is 1. The maximum Gasteiger partial charge on any atom is 0.290 e. The first-order chi connectivity index (χ1) is 13.3. The summed E-state index contributed by atoms with van der Waals surface area (Å²) in [5.41, 5.74) is 0.668. The van der Waals surface area contributed by atoms with Crippen molar-refractivity contribution in [3.05, 3.63) is 84.6 Å². The smallest absolute Gasteiger partial charge is 0.290 e. The van der Waals surface area contributed by atoms with E-state index in [9.17, 15) is 21.4 Å². The van der Waals surface area contributed by atoms with Crippen molar-refractivity contribution in [2.75, 3.05) is 10.0 Å². The van der Waals surface area contributed by atoms with Crippen LogP contribution in [0.15, 0.2) is 83.9 Å². The molecule has 0 aliphatic heterocycles. The van der Waals surface area contributed by atoms with Gasteiger partial charge >= 0.3 is 0 Å². The molecule has 1 unspecified atom stereocenters. The molecule has 3 aromatic rings. The second-order valence-corrected chi connectivity index (χ2v) is 8.98. The van der Waals surface area contributed by atoms with Gasteiger partial charge in [-0.1, -0.05) is 36.4 Å². The van der Waals surface area contributed by atoms with E-state index in [-0.39, 0.29) is 10.7 Å². The molecule has 1 heterocycles. The van der Waals surface area contributed by atoms with E-state index in [0.717, 1.165) is 0 Å². The maximum absolute atomic E-state index is 12.4. The summed E-state index contributed by atoms with van der Waals surface area (Å²) in [5.74, 6) is 0.181. The van der Waals surface area contributed by atoms with Crippen molar-refractivity contribution in [1.29, 1.82) is 0 Å². The number of benzene rings is 2. The molecule has 28 heavy (non-hydrogen) atoms. The lowest BCUT2D eigenvalue weighted by Crippen LogP contribution is -2.20. The molecule has 3 rings (SSSR count). The normalized spacial score (nSPS) is 12.9. The molecule has 0 amide bonds. The van der Waals surface area contributed by atoms with Gasteiger partial charge in [0.15, 0.2) is 5.37 Å². The Bertz CT molecular complexity index is 1130. The first-order valence-electron chi connectivity index (χ1n) is 8.07. The summed E-state index contributed by atoms with van der Waals surface area (Å²) < 4.78 is 60.2. The standard InChI is InChI=1S/C18H17N3O5S2/c22-27(23,21-17-8-4-5-13-19-17)16-11-9-15(10-12-16)20-18(28(24,25)26)14-6-2-1-3-7-14/h1-13,18,20H,(H,19,21)(H,24,25,26). The second kappa shape index (κ2) is 7.97. The first-order valence-corrected chi connectivity index (χ1v) is 11.1. The first kappa shape index (κ1) is 19.8. The maximum atomic E-state index is 12.4. The van der Waals surface area contributed by atoms with Crippen LogP contribution in [0.4, 0.5) is 11.5 Å². The molecule has 0 saturated carbocycles. The van der Waals surface area contributed by atoms with E-state index < -0.39 is 25.5 Å². The van der Waals surface area contributed by atoms with Crippen LogP contribution < -0.4 is 10.0 Å². The fraction of sp³-hybridized carbons (Fsp3) is 0.0556. The van der Waals surface area contributed by atoms with Crippen molar-refractivity contribution in [2.45, 2.75) is 10.3 Å². The second-order valence-electron chi connectivity index (χ2n) is 5.79. The van der Waals surface area contributed by atoms with Crippen LogP contribution in [0.2, 0.25) is 0 Å². The SMILES string of the molecule is O=S(=O)(Nc1ccccn1)c1ccc(NC(c2ccccc2)S(=O)(=O)O)cc1. The van der Waals surface area contributed by atoms with E-state index in [4.69, 9.17) is 0 Å². The lowest BCUT2D eigenvalue weighted by molar-refractivity contribution is 0.473. The third-order valence-electron chi connectivity index (χ3n) is 3.77. The summed E-state index contributed by atoms with van der Waals surface area (Å²) >= 11 is 0. The van der Waals surface area contributed by atoms with Crippen LogP contribution in [0.3, 0.4) is 0 Å². The summed E-state index contributed by atoms with van der Waals surface area (Å²) in [6, 6.07) is 18.4. The molecule has 1 aromatic heterocycles. The van der Waals surface area contributed by atoms with Crippen LogP contribution in [0, 0.1) is 0 Å². The highest BCUT2D eigenvalue weighted by Gasteiger charge is 2.25. The van der Waals surface area contributed by atoms with Gasteiger partial charge in [0.05, 0.1) is 4.90 Å². The number of nitrogens with one attached hydrogen (secondary N) is 2. The van der Waals surface area contributed by atoms with Crippen molar-refractivity contribution in [3.8, 4) is 0 Å². The average molecular weight is 419 g/mol. The van der Waals surface area contributed by atoms with Gasteiger partial charge in [-0.05, 0) is 42.0 Å². The summed E-state index contributed by atoms with van der Waals surface area (Å²) in [4.78, 5) is 3.89. The molecule has 0 saturated heterocycles. The van der Waals surface area contributed by atoms with Crippen molar-refractivity contribution >= 4 is 31.6 Å². The van der Waals surface area contributed by atoms with Crippen molar-refractivity contribution in [1.82, 2.24) is 4.98 Å². The monoisotopic (exact) mass is 419 g/mol. The largest absolute Gasteiger partial charge is 0.363 e. The third-order valence-corrected chi connectivity index (χ3v) is 6.12. The zero-order valence-electron chi connectivity index (χ0n) is 14.4. The molecule has 0 radical (unpaired) electrons. The Kier molecular flexibility index (Phi) is 5.63. The van der Waals surface area contributed by atoms with E-state index in [1.165, 1.54) is 36.5 Å². The molecule has 146 valence electrons. The topological polar surface area (TPSA) is 125 Å². The van der Waals surface area contributed by atoms with E-state index >= 15 is 0 Å². The lowest BCUT2D eigenvalue weighted by Gasteiger charge is -2.17. The van der Waals surface area contributed by atoms with Gasteiger partial charge in [0.25, 0.3) is 20.1 Å². The molecule has 0 aliphatic carbocycles. The average Bonchev–Trinajstić information content (AvgIpc) is 2.67. The van der Waals surface area contributed by atoms with E-state index in [0.29, 0.717) is 11.3 Å². The molecule has 3 N–H and O–H groups in total. The molecule has 2 aromatic carbocycles. The summed E-state index contributed by atoms with van der Waals surface area (Å²) in [6.45, 7) is 0. The minimum absolute atomic E-state index is 0.0215. The van der Waals surface area contributed by atoms with E-state index in [2.05, 4.69) is 15.0 Å². The molecular formula is C18H17N3O5S2. The molecule has 1 atom stereocenters. The summed E-state index contributed by atoms with van der Waals surface area (Å²) in [7, 11) is -8.29. The Labute approximate surface area is 163 Å². The number of sulfonamides is 1. The van der Waals surface area contributed by atoms with Crippen molar-refractivity contribution < 1.29 is 21.4 Å². The van der Waals surface area contributed by atoms with Gasteiger partial charge in [-0.15, -0.1) is 0 Å². The summed E-state index contributed by atoms with van der Waals surface area (Å²) in [5, 5.41) is 1.31. The third kappa shape index (κ3) is 4.85. The Morgan fingerprint density at radius 1 is 0.821 bits per heavy atom. The van der Waals surface area contributed by atoms with E-state index in [1.807, 2.05) is 0 Å². The van der Waals surface area contributed by atoms with Crippen LogP contribution in [-0.2, 0) is 20.1 Å². The Hall–Kier alpha value is -2.95. The fourth-order valence-electron chi connectivity index (χ4n) is 2.46. The number of rotatable bonds is 7. The zero-order valence-corrected chi connectivity index (χ0v) is 16.1. The predicted molar refractivity (Wildman–Crippen MR) is 106 cm³/mol. The highest BCUT2D eigenvalue weighted by atomic mass is 32.2. The number of pyridine rings is 1. The number of hydrogen-bond acceptors (Lipinski definition) is 6. The number of hydrogen-bond donors (Lipinski definition) is 3. The minimum Gasteiger partial charge on any atom is -0.363 e. The van der Waals surface area contributed by atoms with Crippen molar-refractivity contribution in [2.24, 2.45) is 0 Å². The van der Waals surface area contributed by atoms with Crippen LogP contribution in [0.1, 0.15) is 10.9 Å². The fourth-order valence-corrected chi connectivity index (χ4v) is 4.25. The Balaban J connectivity index is 1.82. The number of aromatic nitrogens is 1. The number of anilines is 2. The predicted octanol–water partition coefficient (Wildman–Crippen LogP) is 2.88. The molecule has 0 spiro atoms. The summed E-state index contributed by atoms with van der Waals surface area (Å²) in [6.07, 6.45) is 1.46. The Morgan fingerprint density at radius 3 is 2.04 bits per heavy atom.